The summed E-state index contributed by atoms with van der Waals surface area (Å²) in [4.78, 5) is 2.56. The zero-order chi connectivity index (χ0) is 41.7. The van der Waals surface area contributed by atoms with Crippen molar-refractivity contribution in [1.29, 1.82) is 0 Å². The highest BCUT2D eigenvalue weighted by Crippen LogP contribution is 2.63. The van der Waals surface area contributed by atoms with Crippen molar-refractivity contribution < 1.29 is 0 Å². The number of hydrogen-bond donors (Lipinski definition) is 0. The summed E-state index contributed by atoms with van der Waals surface area (Å²) in [5, 5.41) is 0. The standard InChI is InChI=1S/C61H47N/c1-39(2)52-36-43(42-28-26-41(27-29-42)40-16-6-5-7-17-40)30-35-59(52)62(44-31-33-50-46-18-8-12-22-53(46)60(3,4)57(50)37-44)45-32-34-51-49-21-11-15-25-56(49)61(58(51)38-45)54-23-13-9-19-47(54)48-20-10-14-24-55(48)61/h5-39H,1-4H3. The van der Waals surface area contributed by atoms with Crippen molar-refractivity contribution in [3.8, 4) is 55.6 Å². The van der Waals surface area contributed by atoms with Gasteiger partial charge in [0.1, 0.15) is 0 Å². The van der Waals surface area contributed by atoms with Gasteiger partial charge in [0.15, 0.2) is 0 Å². The molecule has 0 fully saturated rings. The molecule has 0 saturated heterocycles. The summed E-state index contributed by atoms with van der Waals surface area (Å²) in [7, 11) is 0. The topological polar surface area (TPSA) is 3.24 Å². The minimum Gasteiger partial charge on any atom is -0.310 e. The molecule has 1 spiro atoms. The Labute approximate surface area is 365 Å². The Hall–Kier alpha value is -7.22. The summed E-state index contributed by atoms with van der Waals surface area (Å²) in [5.41, 5.74) is 25.3. The van der Waals surface area contributed by atoms with Gasteiger partial charge in [-0.1, -0.05) is 198 Å². The molecule has 296 valence electrons. The Morgan fingerprint density at radius 3 is 1.29 bits per heavy atom. The first-order chi connectivity index (χ1) is 30.3. The number of rotatable bonds is 6. The first-order valence-corrected chi connectivity index (χ1v) is 22.1. The minimum absolute atomic E-state index is 0.134. The van der Waals surface area contributed by atoms with Crippen LogP contribution in [0.15, 0.2) is 206 Å². The molecule has 0 aromatic heterocycles. The number of anilines is 3. The van der Waals surface area contributed by atoms with Crippen molar-refractivity contribution in [1.82, 2.24) is 0 Å². The lowest BCUT2D eigenvalue weighted by Gasteiger charge is -2.33. The van der Waals surface area contributed by atoms with Gasteiger partial charge in [0.05, 0.1) is 5.41 Å². The lowest BCUT2D eigenvalue weighted by atomic mass is 9.70. The second-order valence-electron chi connectivity index (χ2n) is 18.2. The average Bonchev–Trinajstić information content (AvgIpc) is 3.88. The molecule has 0 radical (unpaired) electrons. The van der Waals surface area contributed by atoms with E-state index in [1.165, 1.54) is 106 Å². The number of benzene rings is 9. The van der Waals surface area contributed by atoms with Crippen molar-refractivity contribution in [2.24, 2.45) is 0 Å². The Morgan fingerprint density at radius 1 is 0.339 bits per heavy atom. The van der Waals surface area contributed by atoms with E-state index in [2.05, 4.69) is 239 Å². The van der Waals surface area contributed by atoms with Gasteiger partial charge < -0.3 is 4.90 Å². The molecule has 0 unspecified atom stereocenters. The Bertz CT molecular complexity index is 3180. The maximum Gasteiger partial charge on any atom is 0.0726 e. The van der Waals surface area contributed by atoms with Crippen LogP contribution in [0, 0.1) is 0 Å². The molecule has 9 aromatic rings. The molecule has 1 heteroatoms. The summed E-state index contributed by atoms with van der Waals surface area (Å²) >= 11 is 0. The Balaban J connectivity index is 1.08. The smallest absolute Gasteiger partial charge is 0.0726 e. The van der Waals surface area contributed by atoms with E-state index in [-0.39, 0.29) is 11.3 Å². The van der Waals surface area contributed by atoms with Gasteiger partial charge in [-0.15, -0.1) is 0 Å². The van der Waals surface area contributed by atoms with Gasteiger partial charge in [-0.2, -0.15) is 0 Å². The fourth-order valence-electron chi connectivity index (χ4n) is 11.4. The van der Waals surface area contributed by atoms with Crippen LogP contribution in [0.2, 0.25) is 0 Å². The number of nitrogens with zero attached hydrogens (tertiary/aromatic N) is 1. The van der Waals surface area contributed by atoms with Crippen LogP contribution in [0.5, 0.6) is 0 Å². The van der Waals surface area contributed by atoms with Gasteiger partial charge in [0, 0.05) is 22.5 Å². The van der Waals surface area contributed by atoms with E-state index >= 15 is 0 Å². The summed E-state index contributed by atoms with van der Waals surface area (Å²) < 4.78 is 0. The van der Waals surface area contributed by atoms with Gasteiger partial charge >= 0.3 is 0 Å². The van der Waals surface area contributed by atoms with Gasteiger partial charge in [-0.3, -0.25) is 0 Å². The Morgan fingerprint density at radius 2 is 0.742 bits per heavy atom. The van der Waals surface area contributed by atoms with E-state index in [4.69, 9.17) is 0 Å². The van der Waals surface area contributed by atoms with E-state index in [0.29, 0.717) is 0 Å². The molecule has 0 heterocycles. The Kier molecular flexibility index (Phi) is 8.06. The third-order valence-corrected chi connectivity index (χ3v) is 14.3. The summed E-state index contributed by atoms with van der Waals surface area (Å²) in [6.07, 6.45) is 0. The SMILES string of the molecule is CC(C)c1cc(-c2ccc(-c3ccccc3)cc2)ccc1N(c1ccc2c(c1)C(C)(C)c1ccccc1-2)c1ccc2c(c1)C1(c3ccccc3-c3ccccc31)c1ccccc1-2. The lowest BCUT2D eigenvalue weighted by Crippen LogP contribution is -2.26. The fraction of sp³-hybridized carbons (Fsp3) is 0.115. The quantitative estimate of drug-likeness (QED) is 0.162. The summed E-state index contributed by atoms with van der Waals surface area (Å²) in [5.74, 6) is 0.268. The second-order valence-corrected chi connectivity index (χ2v) is 18.2. The third kappa shape index (κ3) is 5.15. The summed E-state index contributed by atoms with van der Waals surface area (Å²) in [6.45, 7) is 9.44. The van der Waals surface area contributed by atoms with Gasteiger partial charge in [-0.25, -0.2) is 0 Å². The molecule has 0 N–H and O–H groups in total. The van der Waals surface area contributed by atoms with E-state index in [1.807, 2.05) is 0 Å². The van der Waals surface area contributed by atoms with E-state index in [1.54, 1.807) is 0 Å². The van der Waals surface area contributed by atoms with Crippen LogP contribution in [-0.4, -0.2) is 0 Å². The third-order valence-electron chi connectivity index (χ3n) is 14.3. The van der Waals surface area contributed by atoms with Crippen LogP contribution in [-0.2, 0) is 10.8 Å². The summed E-state index contributed by atoms with van der Waals surface area (Å²) in [6, 6.07) is 77.6. The van der Waals surface area contributed by atoms with Gasteiger partial charge in [0.2, 0.25) is 0 Å². The predicted molar refractivity (Wildman–Crippen MR) is 260 cm³/mol. The normalized spacial score (nSPS) is 14.2. The molecular formula is C61H47N. The molecule has 3 aliphatic carbocycles. The largest absolute Gasteiger partial charge is 0.310 e. The van der Waals surface area contributed by atoms with Crippen LogP contribution < -0.4 is 4.90 Å². The first kappa shape index (κ1) is 36.6. The molecule has 12 rings (SSSR count). The van der Waals surface area contributed by atoms with Crippen LogP contribution in [0.4, 0.5) is 17.1 Å². The van der Waals surface area contributed by atoms with Crippen LogP contribution in [0.1, 0.15) is 72.6 Å². The molecule has 3 aliphatic rings. The average molecular weight is 794 g/mol. The highest BCUT2D eigenvalue weighted by molar-refractivity contribution is 5.97. The van der Waals surface area contributed by atoms with Crippen molar-refractivity contribution in [3.05, 3.63) is 245 Å². The van der Waals surface area contributed by atoms with Gasteiger partial charge in [0.25, 0.3) is 0 Å². The molecule has 9 aromatic carbocycles. The van der Waals surface area contributed by atoms with E-state index < -0.39 is 5.41 Å². The molecule has 0 bridgehead atoms. The predicted octanol–water partition coefficient (Wildman–Crippen LogP) is 16.3. The van der Waals surface area contributed by atoms with Crippen molar-refractivity contribution in [3.63, 3.8) is 0 Å². The zero-order valence-corrected chi connectivity index (χ0v) is 35.7. The van der Waals surface area contributed by atoms with E-state index in [0.717, 1.165) is 5.69 Å². The van der Waals surface area contributed by atoms with Crippen molar-refractivity contribution in [2.75, 3.05) is 4.90 Å². The highest BCUT2D eigenvalue weighted by atomic mass is 15.1. The fourth-order valence-corrected chi connectivity index (χ4v) is 11.4. The number of fused-ring (bicyclic) bond motifs is 13. The van der Waals surface area contributed by atoms with Crippen LogP contribution in [0.25, 0.3) is 55.6 Å². The zero-order valence-electron chi connectivity index (χ0n) is 35.7. The number of hydrogen-bond acceptors (Lipinski definition) is 1. The molecule has 1 nitrogen and oxygen atoms in total. The lowest BCUT2D eigenvalue weighted by molar-refractivity contribution is 0.660. The van der Waals surface area contributed by atoms with Crippen LogP contribution >= 0.6 is 0 Å². The molecular weight excluding hydrogens is 747 g/mol. The highest BCUT2D eigenvalue weighted by Gasteiger charge is 2.51. The maximum atomic E-state index is 2.56. The molecule has 0 atom stereocenters. The van der Waals surface area contributed by atoms with Gasteiger partial charge in [-0.05, 0) is 137 Å². The maximum absolute atomic E-state index is 2.56. The van der Waals surface area contributed by atoms with E-state index in [9.17, 15) is 0 Å². The first-order valence-electron chi connectivity index (χ1n) is 22.1. The van der Waals surface area contributed by atoms with Crippen molar-refractivity contribution in [2.45, 2.75) is 44.4 Å². The second kappa shape index (κ2) is 13.6. The van der Waals surface area contributed by atoms with Crippen molar-refractivity contribution >= 4 is 17.1 Å². The molecule has 0 aliphatic heterocycles. The van der Waals surface area contributed by atoms with Crippen LogP contribution in [0.3, 0.4) is 0 Å². The molecule has 0 amide bonds. The molecule has 0 saturated carbocycles. The monoisotopic (exact) mass is 793 g/mol. The molecule has 62 heavy (non-hydrogen) atoms. The minimum atomic E-state index is -0.432.